The standard InChI is InChI=1S/C21H18ClN5O2/c1-2-14-3-5-15(6-4-14)18-11-19-21(29)26(23-13-27(19)25-18)12-20(28)24-17-9-7-16(22)8-10-17/h3-11,13H,2,12H2,1H3,(H,24,28). The molecule has 0 radical (unpaired) electrons. The van der Waals surface area contributed by atoms with Gasteiger partial charge in [-0.3, -0.25) is 9.59 Å². The summed E-state index contributed by atoms with van der Waals surface area (Å²) in [5, 5.41) is 11.8. The summed E-state index contributed by atoms with van der Waals surface area (Å²) in [4.78, 5) is 25.0. The monoisotopic (exact) mass is 407 g/mol. The van der Waals surface area contributed by atoms with Crippen molar-refractivity contribution in [1.82, 2.24) is 19.4 Å². The van der Waals surface area contributed by atoms with Gasteiger partial charge in [0, 0.05) is 16.3 Å². The number of carbonyl (C=O) groups excluding carboxylic acids is 1. The van der Waals surface area contributed by atoms with E-state index in [1.807, 2.05) is 24.3 Å². The second-order valence-electron chi connectivity index (χ2n) is 6.56. The molecule has 1 N–H and O–H groups in total. The van der Waals surface area contributed by atoms with E-state index >= 15 is 0 Å². The van der Waals surface area contributed by atoms with Crippen LogP contribution in [-0.4, -0.2) is 25.3 Å². The SMILES string of the molecule is CCc1ccc(-c2cc3c(=O)n(CC(=O)Nc4ccc(Cl)cc4)ncn3n2)cc1. The minimum Gasteiger partial charge on any atom is -0.324 e. The van der Waals surface area contributed by atoms with Crippen LogP contribution >= 0.6 is 11.6 Å². The zero-order chi connectivity index (χ0) is 20.4. The molecule has 0 aliphatic carbocycles. The van der Waals surface area contributed by atoms with Gasteiger partial charge in [-0.15, -0.1) is 0 Å². The van der Waals surface area contributed by atoms with Crippen molar-refractivity contribution < 1.29 is 4.79 Å². The normalized spacial score (nSPS) is 11.0. The van der Waals surface area contributed by atoms with Crippen LogP contribution < -0.4 is 10.9 Å². The summed E-state index contributed by atoms with van der Waals surface area (Å²) < 4.78 is 2.55. The number of rotatable bonds is 5. The zero-order valence-electron chi connectivity index (χ0n) is 15.7. The van der Waals surface area contributed by atoms with Crippen LogP contribution in [0.5, 0.6) is 0 Å². The molecule has 0 bridgehead atoms. The van der Waals surface area contributed by atoms with Crippen molar-refractivity contribution in [2.24, 2.45) is 0 Å². The van der Waals surface area contributed by atoms with Crippen LogP contribution in [0.15, 0.2) is 65.7 Å². The van der Waals surface area contributed by atoms with E-state index in [9.17, 15) is 9.59 Å². The molecule has 0 aliphatic heterocycles. The van der Waals surface area contributed by atoms with Crippen LogP contribution in [0.2, 0.25) is 5.02 Å². The molecular weight excluding hydrogens is 390 g/mol. The molecule has 1 amide bonds. The molecular formula is C21H18ClN5O2. The van der Waals surface area contributed by atoms with E-state index in [2.05, 4.69) is 22.4 Å². The number of benzene rings is 2. The maximum atomic E-state index is 12.7. The first-order valence-electron chi connectivity index (χ1n) is 9.13. The van der Waals surface area contributed by atoms with E-state index < -0.39 is 0 Å². The van der Waals surface area contributed by atoms with E-state index in [-0.39, 0.29) is 18.0 Å². The molecule has 0 saturated heterocycles. The molecule has 4 rings (SSSR count). The molecule has 8 heteroatoms. The highest BCUT2D eigenvalue weighted by Gasteiger charge is 2.12. The third-order valence-corrected chi connectivity index (χ3v) is 4.82. The Balaban J connectivity index is 1.57. The van der Waals surface area contributed by atoms with Crippen molar-refractivity contribution in [3.05, 3.63) is 81.9 Å². The van der Waals surface area contributed by atoms with Gasteiger partial charge in [0.15, 0.2) is 0 Å². The molecule has 0 spiro atoms. The van der Waals surface area contributed by atoms with E-state index in [0.717, 1.165) is 16.7 Å². The van der Waals surface area contributed by atoms with Gasteiger partial charge in [-0.2, -0.15) is 10.2 Å². The van der Waals surface area contributed by atoms with Crippen LogP contribution in [0.3, 0.4) is 0 Å². The number of anilines is 1. The van der Waals surface area contributed by atoms with E-state index in [4.69, 9.17) is 11.6 Å². The molecule has 2 aromatic heterocycles. The van der Waals surface area contributed by atoms with E-state index in [1.54, 1.807) is 30.3 Å². The van der Waals surface area contributed by atoms with Gasteiger partial charge in [-0.25, -0.2) is 9.20 Å². The van der Waals surface area contributed by atoms with Crippen LogP contribution in [0.4, 0.5) is 5.69 Å². The van der Waals surface area contributed by atoms with Gasteiger partial charge >= 0.3 is 0 Å². The Kier molecular flexibility index (Phi) is 5.14. The second-order valence-corrected chi connectivity index (χ2v) is 7.00. The highest BCUT2D eigenvalue weighted by molar-refractivity contribution is 6.30. The number of hydrogen-bond acceptors (Lipinski definition) is 4. The molecule has 2 heterocycles. The molecule has 146 valence electrons. The maximum absolute atomic E-state index is 12.7. The van der Waals surface area contributed by atoms with Crippen LogP contribution in [0, 0.1) is 0 Å². The smallest absolute Gasteiger partial charge is 0.293 e. The number of carbonyl (C=O) groups is 1. The Morgan fingerprint density at radius 3 is 2.52 bits per heavy atom. The fourth-order valence-electron chi connectivity index (χ4n) is 2.97. The topological polar surface area (TPSA) is 81.3 Å². The van der Waals surface area contributed by atoms with Crippen molar-refractivity contribution in [3.8, 4) is 11.3 Å². The lowest BCUT2D eigenvalue weighted by Crippen LogP contribution is -2.30. The van der Waals surface area contributed by atoms with Gasteiger partial charge in [0.1, 0.15) is 18.4 Å². The molecule has 7 nitrogen and oxygen atoms in total. The second kappa shape index (κ2) is 7.89. The average molecular weight is 408 g/mol. The maximum Gasteiger partial charge on any atom is 0.293 e. The van der Waals surface area contributed by atoms with Gasteiger partial charge in [0.05, 0.1) is 5.69 Å². The van der Waals surface area contributed by atoms with Crippen LogP contribution in [-0.2, 0) is 17.8 Å². The fourth-order valence-corrected chi connectivity index (χ4v) is 3.10. The number of nitrogens with zero attached hydrogens (tertiary/aromatic N) is 4. The lowest BCUT2D eigenvalue weighted by molar-refractivity contribution is -0.117. The summed E-state index contributed by atoms with van der Waals surface area (Å²) in [6, 6.07) is 16.5. The Labute approximate surface area is 171 Å². The first kappa shape index (κ1) is 18.9. The van der Waals surface area contributed by atoms with Gasteiger partial charge in [-0.05, 0) is 42.3 Å². The summed E-state index contributed by atoms with van der Waals surface area (Å²) >= 11 is 5.84. The Hall–Kier alpha value is -3.45. The molecule has 0 aliphatic rings. The molecule has 2 aromatic carbocycles. The molecule has 0 fully saturated rings. The highest BCUT2D eigenvalue weighted by atomic mass is 35.5. The average Bonchev–Trinajstić information content (AvgIpc) is 3.17. The van der Waals surface area contributed by atoms with E-state index in [1.165, 1.54) is 16.4 Å². The summed E-state index contributed by atoms with van der Waals surface area (Å²) in [6.45, 7) is 1.89. The Morgan fingerprint density at radius 2 is 1.83 bits per heavy atom. The van der Waals surface area contributed by atoms with Gasteiger partial charge < -0.3 is 5.32 Å². The summed E-state index contributed by atoms with van der Waals surface area (Å²) in [7, 11) is 0. The summed E-state index contributed by atoms with van der Waals surface area (Å²) in [5.41, 5.74) is 3.38. The lowest BCUT2D eigenvalue weighted by Gasteiger charge is -2.06. The molecule has 0 unspecified atom stereocenters. The minimum absolute atomic E-state index is 0.205. The number of aryl methyl sites for hydroxylation is 1. The first-order valence-corrected chi connectivity index (χ1v) is 9.51. The number of nitrogens with one attached hydrogen (secondary N) is 1. The number of aromatic nitrogens is 4. The fraction of sp³-hybridized carbons (Fsp3) is 0.143. The summed E-state index contributed by atoms with van der Waals surface area (Å²) in [5.74, 6) is -0.360. The number of fused-ring (bicyclic) bond motifs is 1. The zero-order valence-corrected chi connectivity index (χ0v) is 16.4. The van der Waals surface area contributed by atoms with Crippen molar-refractivity contribution >= 4 is 28.7 Å². The predicted octanol–water partition coefficient (Wildman–Crippen LogP) is 3.41. The summed E-state index contributed by atoms with van der Waals surface area (Å²) in [6.07, 6.45) is 2.38. The van der Waals surface area contributed by atoms with Crippen LogP contribution in [0.1, 0.15) is 12.5 Å². The molecule has 29 heavy (non-hydrogen) atoms. The lowest BCUT2D eigenvalue weighted by atomic mass is 10.1. The van der Waals surface area contributed by atoms with Gasteiger partial charge in [-0.1, -0.05) is 42.8 Å². The third-order valence-electron chi connectivity index (χ3n) is 4.57. The molecule has 4 aromatic rings. The third kappa shape index (κ3) is 4.05. The molecule has 0 atom stereocenters. The quantitative estimate of drug-likeness (QED) is 0.549. The van der Waals surface area contributed by atoms with Crippen molar-refractivity contribution in [1.29, 1.82) is 0 Å². The number of hydrogen-bond donors (Lipinski definition) is 1. The Morgan fingerprint density at radius 1 is 1.10 bits per heavy atom. The Bertz CT molecular complexity index is 1230. The van der Waals surface area contributed by atoms with Crippen molar-refractivity contribution in [2.75, 3.05) is 5.32 Å². The van der Waals surface area contributed by atoms with Crippen molar-refractivity contribution in [3.63, 3.8) is 0 Å². The largest absolute Gasteiger partial charge is 0.324 e. The van der Waals surface area contributed by atoms with Crippen LogP contribution in [0.25, 0.3) is 16.8 Å². The number of halogens is 1. The minimum atomic E-state index is -0.386. The predicted molar refractivity (Wildman–Crippen MR) is 112 cm³/mol. The van der Waals surface area contributed by atoms with Gasteiger partial charge in [0.25, 0.3) is 5.56 Å². The van der Waals surface area contributed by atoms with Gasteiger partial charge in [0.2, 0.25) is 5.91 Å². The highest BCUT2D eigenvalue weighted by Crippen LogP contribution is 2.19. The number of amides is 1. The first-order chi connectivity index (χ1) is 14.0. The molecule has 0 saturated carbocycles. The van der Waals surface area contributed by atoms with Crippen molar-refractivity contribution in [2.45, 2.75) is 19.9 Å². The van der Waals surface area contributed by atoms with E-state index in [0.29, 0.717) is 21.9 Å².